The van der Waals surface area contributed by atoms with Gasteiger partial charge < -0.3 is 19.7 Å². The molecule has 0 bridgehead atoms. The van der Waals surface area contributed by atoms with Gasteiger partial charge in [-0.15, -0.1) is 10.2 Å². The van der Waals surface area contributed by atoms with Crippen molar-refractivity contribution in [2.24, 2.45) is 0 Å². The van der Waals surface area contributed by atoms with Gasteiger partial charge in [-0.1, -0.05) is 23.5 Å². The fraction of sp³-hybridized carbons (Fsp3) is 0.273. The topological polar surface area (TPSA) is 93.7 Å². The summed E-state index contributed by atoms with van der Waals surface area (Å²) in [6.07, 6.45) is 1.79. The van der Waals surface area contributed by atoms with Gasteiger partial charge in [-0.2, -0.15) is 0 Å². The van der Waals surface area contributed by atoms with Gasteiger partial charge in [0.25, 0.3) is 5.91 Å². The van der Waals surface area contributed by atoms with Crippen LogP contribution in [-0.4, -0.2) is 40.2 Å². The van der Waals surface area contributed by atoms with Gasteiger partial charge in [0.2, 0.25) is 17.7 Å². The van der Waals surface area contributed by atoms with E-state index in [1.54, 1.807) is 35.2 Å². The van der Waals surface area contributed by atoms with Crippen molar-refractivity contribution >= 4 is 28.8 Å². The van der Waals surface area contributed by atoms with Gasteiger partial charge in [-0.05, 0) is 42.7 Å². The number of nitrogens with zero attached hydrogens (tertiary/aromatic N) is 3. The number of nitrogens with one attached hydrogen (secondary N) is 1. The number of rotatable bonds is 5. The highest BCUT2D eigenvalue weighted by Crippen LogP contribution is 2.36. The zero-order valence-electron chi connectivity index (χ0n) is 16.9. The number of fused-ring (bicyclic) bond motifs is 1. The van der Waals surface area contributed by atoms with E-state index in [-0.39, 0.29) is 41.9 Å². The standard InChI is InChI=1S/C22H19FN4O4S/c23-14-5-3-13(4-6-14)10-19(28)27-9-1-2-16(27)21-25-26-22(32-21)20(29)24-15-7-8-17-18(11-15)31-12-30-17/h3-8,11,16H,1-2,9-10,12H2,(H,24,29)/t16-/m0/s1. The number of anilines is 1. The van der Waals surface area contributed by atoms with Crippen molar-refractivity contribution in [3.63, 3.8) is 0 Å². The molecule has 3 aromatic rings. The molecule has 1 fully saturated rings. The largest absolute Gasteiger partial charge is 0.454 e. The highest BCUT2D eigenvalue weighted by atomic mass is 32.1. The first-order valence-electron chi connectivity index (χ1n) is 10.1. The maximum absolute atomic E-state index is 13.1. The molecule has 1 atom stereocenters. The highest BCUT2D eigenvalue weighted by Gasteiger charge is 2.33. The average molecular weight is 454 g/mol. The second-order valence-corrected chi connectivity index (χ2v) is 8.53. The summed E-state index contributed by atoms with van der Waals surface area (Å²) < 4.78 is 23.7. The molecule has 10 heteroatoms. The summed E-state index contributed by atoms with van der Waals surface area (Å²) in [4.78, 5) is 27.3. The number of ether oxygens (including phenoxy) is 2. The van der Waals surface area contributed by atoms with Gasteiger partial charge in [0, 0.05) is 18.3 Å². The smallest absolute Gasteiger partial charge is 0.286 e. The number of aromatic nitrogens is 2. The molecule has 2 aliphatic rings. The Bertz CT molecular complexity index is 1170. The normalized spacial score (nSPS) is 16.9. The molecule has 164 valence electrons. The molecule has 0 radical (unpaired) electrons. The number of carbonyl (C=O) groups is 2. The van der Waals surface area contributed by atoms with Crippen LogP contribution in [0.4, 0.5) is 10.1 Å². The van der Waals surface area contributed by atoms with E-state index in [0.29, 0.717) is 28.7 Å². The van der Waals surface area contributed by atoms with Crippen molar-refractivity contribution in [2.75, 3.05) is 18.7 Å². The van der Waals surface area contributed by atoms with Crippen LogP contribution in [0.3, 0.4) is 0 Å². The third-order valence-electron chi connectivity index (χ3n) is 5.39. The number of likely N-dealkylation sites (tertiary alicyclic amines) is 1. The quantitative estimate of drug-likeness (QED) is 0.634. The van der Waals surface area contributed by atoms with Crippen molar-refractivity contribution in [1.29, 1.82) is 0 Å². The van der Waals surface area contributed by atoms with Crippen molar-refractivity contribution in [2.45, 2.75) is 25.3 Å². The van der Waals surface area contributed by atoms with E-state index in [4.69, 9.17) is 9.47 Å². The molecular weight excluding hydrogens is 435 g/mol. The van der Waals surface area contributed by atoms with E-state index >= 15 is 0 Å². The van der Waals surface area contributed by atoms with Gasteiger partial charge in [-0.25, -0.2) is 4.39 Å². The van der Waals surface area contributed by atoms with Crippen LogP contribution in [0.25, 0.3) is 0 Å². The van der Waals surface area contributed by atoms with Gasteiger partial charge in [-0.3, -0.25) is 9.59 Å². The molecule has 8 nitrogen and oxygen atoms in total. The summed E-state index contributed by atoms with van der Waals surface area (Å²) in [5.41, 5.74) is 1.32. The third kappa shape index (κ3) is 4.13. The van der Waals surface area contributed by atoms with E-state index in [1.165, 1.54) is 23.5 Å². The maximum atomic E-state index is 13.1. The summed E-state index contributed by atoms with van der Waals surface area (Å²) in [5.74, 6) is 0.436. The fourth-order valence-electron chi connectivity index (χ4n) is 3.82. The van der Waals surface area contributed by atoms with E-state index in [9.17, 15) is 14.0 Å². The Hall–Kier alpha value is -3.53. The molecule has 3 heterocycles. The number of halogens is 1. The molecule has 1 saturated heterocycles. The predicted molar refractivity (Wildman–Crippen MR) is 114 cm³/mol. The van der Waals surface area contributed by atoms with Gasteiger partial charge >= 0.3 is 0 Å². The summed E-state index contributed by atoms with van der Waals surface area (Å²) in [5, 5.41) is 11.9. The van der Waals surface area contributed by atoms with Crippen LogP contribution in [0.1, 0.15) is 39.3 Å². The summed E-state index contributed by atoms with van der Waals surface area (Å²) in [7, 11) is 0. The third-order valence-corrected chi connectivity index (χ3v) is 6.42. The van der Waals surface area contributed by atoms with Gasteiger partial charge in [0.05, 0.1) is 12.5 Å². The monoisotopic (exact) mass is 454 g/mol. The van der Waals surface area contributed by atoms with Crippen LogP contribution in [0, 0.1) is 5.82 Å². The Morgan fingerprint density at radius 1 is 1.12 bits per heavy atom. The minimum Gasteiger partial charge on any atom is -0.454 e. The number of amides is 2. The second kappa shape index (κ2) is 8.54. The van der Waals surface area contributed by atoms with Crippen molar-refractivity contribution in [3.05, 3.63) is 63.9 Å². The van der Waals surface area contributed by atoms with E-state index in [1.807, 2.05) is 0 Å². The summed E-state index contributed by atoms with van der Waals surface area (Å²) in [6.45, 7) is 0.771. The van der Waals surface area contributed by atoms with Crippen molar-refractivity contribution < 1.29 is 23.5 Å². The highest BCUT2D eigenvalue weighted by molar-refractivity contribution is 7.13. The maximum Gasteiger partial charge on any atom is 0.286 e. The lowest BCUT2D eigenvalue weighted by molar-refractivity contribution is -0.131. The van der Waals surface area contributed by atoms with E-state index in [0.717, 1.165) is 18.4 Å². The van der Waals surface area contributed by atoms with Crippen LogP contribution >= 0.6 is 11.3 Å². The molecule has 1 N–H and O–H groups in total. The molecule has 1 aromatic heterocycles. The first kappa shape index (κ1) is 20.4. The average Bonchev–Trinajstić information content (AvgIpc) is 3.54. The van der Waals surface area contributed by atoms with E-state index in [2.05, 4.69) is 15.5 Å². The molecule has 5 rings (SSSR count). The van der Waals surface area contributed by atoms with Gasteiger partial charge in [0.1, 0.15) is 10.8 Å². The van der Waals surface area contributed by atoms with Crippen LogP contribution in [0.15, 0.2) is 42.5 Å². The minimum atomic E-state index is -0.380. The molecule has 2 amide bonds. The van der Waals surface area contributed by atoms with E-state index < -0.39 is 0 Å². The predicted octanol–water partition coefficient (Wildman–Crippen LogP) is 3.56. The zero-order chi connectivity index (χ0) is 22.1. The first-order chi connectivity index (χ1) is 15.6. The molecule has 2 aliphatic heterocycles. The molecule has 0 aliphatic carbocycles. The Labute approximate surface area is 187 Å². The molecule has 32 heavy (non-hydrogen) atoms. The Morgan fingerprint density at radius 2 is 1.94 bits per heavy atom. The van der Waals surface area contributed by atoms with Crippen LogP contribution < -0.4 is 14.8 Å². The fourth-order valence-corrected chi connectivity index (χ4v) is 4.71. The second-order valence-electron chi connectivity index (χ2n) is 7.52. The Kier molecular flexibility index (Phi) is 5.44. The SMILES string of the molecule is O=C(Nc1ccc2c(c1)OCO2)c1nnc([C@@H]2CCCN2C(=O)Cc2ccc(F)cc2)s1. The summed E-state index contributed by atoms with van der Waals surface area (Å²) >= 11 is 1.18. The number of hydrogen-bond donors (Lipinski definition) is 1. The van der Waals surface area contributed by atoms with Crippen molar-refractivity contribution in [1.82, 2.24) is 15.1 Å². The molecule has 0 unspecified atom stereocenters. The molecule has 2 aromatic carbocycles. The molecule has 0 saturated carbocycles. The summed E-state index contributed by atoms with van der Waals surface area (Å²) in [6, 6.07) is 10.8. The van der Waals surface area contributed by atoms with Gasteiger partial charge in [0.15, 0.2) is 11.5 Å². The Balaban J connectivity index is 1.26. The lowest BCUT2D eigenvalue weighted by Gasteiger charge is -2.22. The number of benzene rings is 2. The first-order valence-corrected chi connectivity index (χ1v) is 11.0. The Morgan fingerprint density at radius 3 is 2.78 bits per heavy atom. The molecular formula is C22H19FN4O4S. The number of hydrogen-bond acceptors (Lipinski definition) is 7. The minimum absolute atomic E-state index is 0.0549. The van der Waals surface area contributed by atoms with Crippen LogP contribution in [0.2, 0.25) is 0 Å². The molecule has 0 spiro atoms. The van der Waals surface area contributed by atoms with Crippen LogP contribution in [0.5, 0.6) is 11.5 Å². The van der Waals surface area contributed by atoms with Crippen LogP contribution in [-0.2, 0) is 11.2 Å². The number of carbonyl (C=O) groups excluding carboxylic acids is 2. The zero-order valence-corrected chi connectivity index (χ0v) is 17.7. The lowest BCUT2D eigenvalue weighted by Crippen LogP contribution is -2.31. The van der Waals surface area contributed by atoms with Crippen molar-refractivity contribution in [3.8, 4) is 11.5 Å². The lowest BCUT2D eigenvalue weighted by atomic mass is 10.1.